The quantitative estimate of drug-likeness (QED) is 0.624. The summed E-state index contributed by atoms with van der Waals surface area (Å²) >= 11 is 0. The van der Waals surface area contributed by atoms with Crippen LogP contribution in [0.3, 0.4) is 0 Å². The van der Waals surface area contributed by atoms with Crippen LogP contribution in [-0.4, -0.2) is 48.4 Å². The van der Waals surface area contributed by atoms with Gasteiger partial charge in [-0.1, -0.05) is 0 Å². The van der Waals surface area contributed by atoms with Gasteiger partial charge in [0.15, 0.2) is 6.29 Å². The number of carbonyl (C=O) groups is 2. The molecule has 1 aliphatic heterocycles. The summed E-state index contributed by atoms with van der Waals surface area (Å²) < 4.78 is 10.9. The Bertz CT molecular complexity index is 334. The molecule has 0 aromatic carbocycles. The van der Waals surface area contributed by atoms with Gasteiger partial charge in [-0.25, -0.2) is 0 Å². The van der Waals surface area contributed by atoms with Gasteiger partial charge in [0.1, 0.15) is 11.9 Å². The number of aliphatic hydroxyl groups excluding tert-OH is 1. The minimum Gasteiger partial charge on any atom is -0.388 e. The third kappa shape index (κ3) is 8.14. The van der Waals surface area contributed by atoms with Gasteiger partial charge >= 0.3 is 0 Å². The van der Waals surface area contributed by atoms with Gasteiger partial charge in [0.2, 0.25) is 5.91 Å². The molecule has 0 aliphatic carbocycles. The summed E-state index contributed by atoms with van der Waals surface area (Å²) in [5.74, 6) is 0.115. The molecule has 0 saturated carbocycles. The Balaban J connectivity index is 2.02. The molecule has 0 radical (unpaired) electrons. The van der Waals surface area contributed by atoms with Crippen LogP contribution in [0.2, 0.25) is 0 Å². The summed E-state index contributed by atoms with van der Waals surface area (Å²) in [5, 5.41) is 12.5. The van der Waals surface area contributed by atoms with Crippen LogP contribution in [0.4, 0.5) is 0 Å². The Hall–Kier alpha value is -0.980. The summed E-state index contributed by atoms with van der Waals surface area (Å²) in [6, 6.07) is 0. The van der Waals surface area contributed by atoms with Gasteiger partial charge in [0.05, 0.1) is 12.7 Å². The molecule has 0 spiro atoms. The molecule has 0 aromatic rings. The van der Waals surface area contributed by atoms with Crippen molar-refractivity contribution in [3.05, 3.63) is 0 Å². The van der Waals surface area contributed by atoms with Crippen molar-refractivity contribution in [1.82, 2.24) is 5.32 Å². The van der Waals surface area contributed by atoms with Crippen molar-refractivity contribution in [3.63, 3.8) is 0 Å². The lowest BCUT2D eigenvalue weighted by atomic mass is 10.1. The largest absolute Gasteiger partial charge is 0.388 e. The van der Waals surface area contributed by atoms with E-state index in [1.807, 2.05) is 6.92 Å². The molecule has 1 amide bonds. The predicted molar refractivity (Wildman–Crippen MR) is 77.7 cm³/mol. The minimum atomic E-state index is -0.596. The van der Waals surface area contributed by atoms with Gasteiger partial charge in [-0.2, -0.15) is 0 Å². The number of hydrogen-bond acceptors (Lipinski definition) is 5. The van der Waals surface area contributed by atoms with Crippen LogP contribution in [0, 0.1) is 0 Å². The van der Waals surface area contributed by atoms with E-state index in [9.17, 15) is 14.7 Å². The third-order valence-corrected chi connectivity index (χ3v) is 3.44. The average molecular weight is 301 g/mol. The number of rotatable bonds is 9. The lowest BCUT2D eigenvalue weighted by molar-refractivity contribution is -0.235. The molecule has 0 bridgehead atoms. The monoisotopic (exact) mass is 301 g/mol. The fourth-order valence-corrected chi connectivity index (χ4v) is 2.19. The van der Waals surface area contributed by atoms with Crippen LogP contribution in [0.25, 0.3) is 0 Å². The van der Waals surface area contributed by atoms with E-state index in [0.29, 0.717) is 38.8 Å². The zero-order valence-electron chi connectivity index (χ0n) is 13.0. The van der Waals surface area contributed by atoms with E-state index in [1.165, 1.54) is 0 Å². The molecule has 1 fully saturated rings. The lowest BCUT2D eigenvalue weighted by Gasteiger charge is -2.31. The molecular weight excluding hydrogens is 274 g/mol. The highest BCUT2D eigenvalue weighted by Gasteiger charge is 2.28. The maximum absolute atomic E-state index is 11.5. The van der Waals surface area contributed by atoms with E-state index in [1.54, 1.807) is 6.92 Å². The Labute approximate surface area is 126 Å². The van der Waals surface area contributed by atoms with Gasteiger partial charge in [-0.05, 0) is 39.5 Å². The number of unbranched alkanes of at least 4 members (excludes halogenated alkanes) is 1. The van der Waals surface area contributed by atoms with E-state index in [4.69, 9.17) is 9.47 Å². The highest BCUT2D eigenvalue weighted by atomic mass is 16.7. The summed E-state index contributed by atoms with van der Waals surface area (Å²) in [4.78, 5) is 22.3. The molecule has 3 atom stereocenters. The Morgan fingerprint density at radius 3 is 2.71 bits per heavy atom. The molecule has 1 rings (SSSR count). The minimum absolute atomic E-state index is 0.0411. The first-order valence-electron chi connectivity index (χ1n) is 7.70. The topological polar surface area (TPSA) is 84.9 Å². The summed E-state index contributed by atoms with van der Waals surface area (Å²) in [6.45, 7) is 4.21. The number of hydrogen-bond donors (Lipinski definition) is 2. The van der Waals surface area contributed by atoms with Crippen molar-refractivity contribution in [3.8, 4) is 0 Å². The highest BCUT2D eigenvalue weighted by molar-refractivity contribution is 5.76. The van der Waals surface area contributed by atoms with Crippen molar-refractivity contribution in [2.45, 2.75) is 70.9 Å². The second-order valence-corrected chi connectivity index (χ2v) is 5.59. The summed E-state index contributed by atoms with van der Waals surface area (Å²) in [7, 11) is 0. The fraction of sp³-hybridized carbons (Fsp3) is 0.867. The molecule has 0 unspecified atom stereocenters. The number of Topliss-reactive ketones (excluding diaryl/α,β-unsaturated/α-hetero) is 1. The summed E-state index contributed by atoms with van der Waals surface area (Å²) in [5.41, 5.74) is 0. The molecule has 21 heavy (non-hydrogen) atoms. The number of amides is 1. The van der Waals surface area contributed by atoms with Crippen LogP contribution < -0.4 is 5.32 Å². The second kappa shape index (κ2) is 9.87. The van der Waals surface area contributed by atoms with E-state index in [-0.39, 0.29) is 17.8 Å². The molecule has 122 valence electrons. The molecule has 0 aromatic heterocycles. The molecule has 2 N–H and O–H groups in total. The second-order valence-electron chi connectivity index (χ2n) is 5.59. The van der Waals surface area contributed by atoms with E-state index in [2.05, 4.69) is 5.32 Å². The first kappa shape index (κ1) is 18.1. The van der Waals surface area contributed by atoms with Crippen molar-refractivity contribution in [2.75, 3.05) is 13.2 Å². The molecule has 1 aliphatic rings. The highest BCUT2D eigenvalue weighted by Crippen LogP contribution is 2.19. The molecule has 6 heteroatoms. The van der Waals surface area contributed by atoms with Crippen molar-refractivity contribution >= 4 is 11.7 Å². The van der Waals surface area contributed by atoms with Crippen LogP contribution in [0.15, 0.2) is 0 Å². The molecule has 6 nitrogen and oxygen atoms in total. The van der Waals surface area contributed by atoms with Crippen molar-refractivity contribution in [1.29, 1.82) is 0 Å². The fourth-order valence-electron chi connectivity index (χ4n) is 2.19. The van der Waals surface area contributed by atoms with E-state index < -0.39 is 12.4 Å². The van der Waals surface area contributed by atoms with Crippen LogP contribution in [0.5, 0.6) is 0 Å². The Morgan fingerprint density at radius 1 is 1.29 bits per heavy atom. The van der Waals surface area contributed by atoms with Crippen LogP contribution >= 0.6 is 0 Å². The van der Waals surface area contributed by atoms with Crippen LogP contribution in [-0.2, 0) is 19.1 Å². The first-order chi connectivity index (χ1) is 9.99. The lowest BCUT2D eigenvalue weighted by Crippen LogP contribution is -2.41. The zero-order valence-corrected chi connectivity index (χ0v) is 13.0. The predicted octanol–water partition coefficient (Wildman–Crippen LogP) is 1.15. The van der Waals surface area contributed by atoms with Gasteiger partial charge in [0.25, 0.3) is 0 Å². The standard InChI is InChI=1S/C15H27NO5/c1-11(17)5-3-4-6-14(19)16-9-10-20-15-13(18)8-7-12(2)21-15/h12-13,15,18H,3-10H2,1-2H3,(H,16,19)/t12-,13-,15+/m0/s1. The average Bonchev–Trinajstić information content (AvgIpc) is 2.43. The summed E-state index contributed by atoms with van der Waals surface area (Å²) in [6.07, 6.45) is 2.83. The number of nitrogens with one attached hydrogen (secondary N) is 1. The number of ketones is 1. The van der Waals surface area contributed by atoms with Gasteiger partial charge < -0.3 is 24.7 Å². The maximum atomic E-state index is 11.5. The van der Waals surface area contributed by atoms with Gasteiger partial charge in [-0.15, -0.1) is 0 Å². The Morgan fingerprint density at radius 2 is 2.00 bits per heavy atom. The molecule has 1 saturated heterocycles. The zero-order chi connectivity index (χ0) is 15.7. The van der Waals surface area contributed by atoms with Crippen molar-refractivity contribution < 1.29 is 24.2 Å². The number of ether oxygens (including phenoxy) is 2. The molecule has 1 heterocycles. The van der Waals surface area contributed by atoms with Crippen molar-refractivity contribution in [2.24, 2.45) is 0 Å². The van der Waals surface area contributed by atoms with Gasteiger partial charge in [-0.3, -0.25) is 4.79 Å². The first-order valence-corrected chi connectivity index (χ1v) is 7.70. The SMILES string of the molecule is CC(=O)CCCCC(=O)NCCO[C@@H]1O[C@@H](C)CC[C@@H]1O. The molecular formula is C15H27NO5. The third-order valence-electron chi connectivity index (χ3n) is 3.44. The Kier molecular flexibility index (Phi) is 8.49. The normalized spacial score (nSPS) is 25.6. The number of carbonyl (C=O) groups excluding carboxylic acids is 2. The van der Waals surface area contributed by atoms with E-state index >= 15 is 0 Å². The maximum Gasteiger partial charge on any atom is 0.220 e. The smallest absolute Gasteiger partial charge is 0.220 e. The van der Waals surface area contributed by atoms with Gasteiger partial charge in [0, 0.05) is 19.4 Å². The van der Waals surface area contributed by atoms with E-state index in [0.717, 1.165) is 12.8 Å². The number of aliphatic hydroxyl groups is 1. The van der Waals surface area contributed by atoms with Crippen LogP contribution in [0.1, 0.15) is 52.4 Å².